The molecule has 0 aromatic rings. The Bertz CT molecular complexity index is 190. The molecule has 0 spiro atoms. The highest BCUT2D eigenvalue weighted by molar-refractivity contribution is 5.10. The number of rotatable bonds is 1. The van der Waals surface area contributed by atoms with Crippen molar-refractivity contribution in [1.82, 2.24) is 4.90 Å². The fraction of sp³-hybridized carbons (Fsp3) is 0.800. The second-order valence-corrected chi connectivity index (χ2v) is 3.47. The second kappa shape index (κ2) is 4.49. The third-order valence-corrected chi connectivity index (χ3v) is 2.31. The Morgan fingerprint density at radius 2 is 2.33 bits per heavy atom. The summed E-state index contributed by atoms with van der Waals surface area (Å²) in [5.41, 5.74) is 0. The van der Waals surface area contributed by atoms with Gasteiger partial charge in [0, 0.05) is 6.04 Å². The van der Waals surface area contributed by atoms with Crippen LogP contribution in [0.5, 0.6) is 0 Å². The first-order valence-electron chi connectivity index (χ1n) is 4.60. The SMILES string of the molecule is CC(C)N1CCCC1C#CCO. The van der Waals surface area contributed by atoms with Gasteiger partial charge in [-0.15, -0.1) is 0 Å². The van der Waals surface area contributed by atoms with Crippen LogP contribution in [0.4, 0.5) is 0 Å². The number of aliphatic hydroxyl groups is 1. The van der Waals surface area contributed by atoms with E-state index in [9.17, 15) is 0 Å². The first kappa shape index (κ1) is 9.57. The molecule has 0 aromatic carbocycles. The maximum Gasteiger partial charge on any atom is 0.104 e. The van der Waals surface area contributed by atoms with Crippen molar-refractivity contribution in [3.8, 4) is 11.8 Å². The molecule has 1 aliphatic heterocycles. The minimum Gasteiger partial charge on any atom is -0.384 e. The Balaban J connectivity index is 2.52. The van der Waals surface area contributed by atoms with Crippen LogP contribution >= 0.6 is 0 Å². The Hall–Kier alpha value is -0.520. The molecule has 0 radical (unpaired) electrons. The molecule has 0 amide bonds. The van der Waals surface area contributed by atoms with Gasteiger partial charge in [-0.3, -0.25) is 4.90 Å². The molecule has 1 unspecified atom stereocenters. The number of hydrogen-bond acceptors (Lipinski definition) is 2. The summed E-state index contributed by atoms with van der Waals surface area (Å²) in [6.45, 7) is 5.53. The van der Waals surface area contributed by atoms with Crippen LogP contribution in [0.2, 0.25) is 0 Å². The van der Waals surface area contributed by atoms with Gasteiger partial charge in [0.05, 0.1) is 6.04 Å². The van der Waals surface area contributed by atoms with Crippen molar-refractivity contribution >= 4 is 0 Å². The van der Waals surface area contributed by atoms with Crippen molar-refractivity contribution in [3.05, 3.63) is 0 Å². The summed E-state index contributed by atoms with van der Waals surface area (Å²) in [6, 6.07) is 0.961. The first-order chi connectivity index (χ1) is 5.75. The molecule has 1 N–H and O–H groups in total. The van der Waals surface area contributed by atoms with Crippen molar-refractivity contribution < 1.29 is 5.11 Å². The van der Waals surface area contributed by atoms with Crippen molar-refractivity contribution in [2.75, 3.05) is 13.2 Å². The van der Waals surface area contributed by atoms with Crippen LogP contribution in [0.15, 0.2) is 0 Å². The highest BCUT2D eigenvalue weighted by Crippen LogP contribution is 2.18. The lowest BCUT2D eigenvalue weighted by atomic mass is 10.2. The molecule has 0 aliphatic carbocycles. The van der Waals surface area contributed by atoms with Gasteiger partial charge in [0.2, 0.25) is 0 Å². The van der Waals surface area contributed by atoms with E-state index in [0.29, 0.717) is 12.1 Å². The van der Waals surface area contributed by atoms with E-state index in [0.717, 1.165) is 13.0 Å². The summed E-state index contributed by atoms with van der Waals surface area (Å²) < 4.78 is 0. The van der Waals surface area contributed by atoms with E-state index in [1.165, 1.54) is 6.42 Å². The number of hydrogen-bond donors (Lipinski definition) is 1. The van der Waals surface area contributed by atoms with Gasteiger partial charge in [-0.25, -0.2) is 0 Å². The monoisotopic (exact) mass is 167 g/mol. The predicted octanol–water partition coefficient (Wildman–Crippen LogP) is 0.855. The molecule has 12 heavy (non-hydrogen) atoms. The highest BCUT2D eigenvalue weighted by atomic mass is 16.2. The lowest BCUT2D eigenvalue weighted by molar-refractivity contribution is 0.239. The Labute approximate surface area is 74.6 Å². The molecule has 1 heterocycles. The van der Waals surface area contributed by atoms with Gasteiger partial charge in [0.1, 0.15) is 6.61 Å². The van der Waals surface area contributed by atoms with E-state index in [2.05, 4.69) is 30.6 Å². The summed E-state index contributed by atoms with van der Waals surface area (Å²) in [5.74, 6) is 5.83. The van der Waals surface area contributed by atoms with Crippen LogP contribution in [0.1, 0.15) is 26.7 Å². The van der Waals surface area contributed by atoms with Gasteiger partial charge >= 0.3 is 0 Å². The molecule has 1 fully saturated rings. The first-order valence-corrected chi connectivity index (χ1v) is 4.60. The lowest BCUT2D eigenvalue weighted by Crippen LogP contribution is -2.34. The molecule has 2 nitrogen and oxygen atoms in total. The van der Waals surface area contributed by atoms with Crippen molar-refractivity contribution in [3.63, 3.8) is 0 Å². The van der Waals surface area contributed by atoms with Gasteiger partial charge in [-0.2, -0.15) is 0 Å². The van der Waals surface area contributed by atoms with Gasteiger partial charge in [0.25, 0.3) is 0 Å². The molecule has 1 saturated heterocycles. The average Bonchev–Trinajstić information content (AvgIpc) is 2.48. The van der Waals surface area contributed by atoms with Gasteiger partial charge in [-0.05, 0) is 33.2 Å². The van der Waals surface area contributed by atoms with Crippen molar-refractivity contribution in [2.24, 2.45) is 0 Å². The van der Waals surface area contributed by atoms with Crippen molar-refractivity contribution in [2.45, 2.75) is 38.8 Å². The Kier molecular flexibility index (Phi) is 3.58. The van der Waals surface area contributed by atoms with Crippen LogP contribution in [0, 0.1) is 11.8 Å². The van der Waals surface area contributed by atoms with Gasteiger partial charge in [0.15, 0.2) is 0 Å². The van der Waals surface area contributed by atoms with Crippen molar-refractivity contribution in [1.29, 1.82) is 0 Å². The average molecular weight is 167 g/mol. The smallest absolute Gasteiger partial charge is 0.104 e. The number of nitrogens with zero attached hydrogens (tertiary/aromatic N) is 1. The van der Waals surface area contributed by atoms with Crippen LogP contribution in [-0.4, -0.2) is 35.2 Å². The molecule has 0 aromatic heterocycles. The topological polar surface area (TPSA) is 23.5 Å². The minimum atomic E-state index is -0.0115. The molecule has 68 valence electrons. The van der Waals surface area contributed by atoms with E-state index in [4.69, 9.17) is 5.11 Å². The molecule has 0 saturated carbocycles. The summed E-state index contributed by atoms with van der Waals surface area (Å²) in [6.07, 6.45) is 2.40. The third-order valence-electron chi connectivity index (χ3n) is 2.31. The standard InChI is InChI=1S/C10H17NO/c1-9(2)11-7-3-5-10(11)6-4-8-12/h9-10,12H,3,5,7-8H2,1-2H3. The molecular formula is C10H17NO. The summed E-state index contributed by atoms with van der Waals surface area (Å²) in [4.78, 5) is 2.39. The summed E-state index contributed by atoms with van der Waals surface area (Å²) in [5, 5.41) is 8.56. The molecular weight excluding hydrogens is 150 g/mol. The zero-order valence-electron chi connectivity index (χ0n) is 7.88. The van der Waals surface area contributed by atoms with E-state index >= 15 is 0 Å². The number of likely N-dealkylation sites (tertiary alicyclic amines) is 1. The lowest BCUT2D eigenvalue weighted by Gasteiger charge is -2.24. The summed E-state index contributed by atoms with van der Waals surface area (Å²) in [7, 11) is 0. The maximum absolute atomic E-state index is 8.56. The zero-order chi connectivity index (χ0) is 8.97. The predicted molar refractivity (Wildman–Crippen MR) is 49.7 cm³/mol. The van der Waals surface area contributed by atoms with Crippen LogP contribution in [-0.2, 0) is 0 Å². The fourth-order valence-electron chi connectivity index (χ4n) is 1.73. The second-order valence-electron chi connectivity index (χ2n) is 3.47. The van der Waals surface area contributed by atoms with E-state index < -0.39 is 0 Å². The minimum absolute atomic E-state index is 0.0115. The molecule has 0 bridgehead atoms. The van der Waals surface area contributed by atoms with Crippen LogP contribution < -0.4 is 0 Å². The van der Waals surface area contributed by atoms with E-state index in [1.54, 1.807) is 0 Å². The molecule has 2 heteroatoms. The van der Waals surface area contributed by atoms with Gasteiger partial charge in [-0.1, -0.05) is 11.8 Å². The third kappa shape index (κ3) is 2.23. The van der Waals surface area contributed by atoms with Gasteiger partial charge < -0.3 is 5.11 Å². The zero-order valence-corrected chi connectivity index (χ0v) is 7.88. The molecule has 1 atom stereocenters. The Morgan fingerprint density at radius 1 is 1.58 bits per heavy atom. The van der Waals surface area contributed by atoms with Crippen LogP contribution in [0.3, 0.4) is 0 Å². The van der Waals surface area contributed by atoms with E-state index in [1.807, 2.05) is 0 Å². The number of aliphatic hydroxyl groups excluding tert-OH is 1. The summed E-state index contributed by atoms with van der Waals surface area (Å²) >= 11 is 0. The molecule has 1 rings (SSSR count). The maximum atomic E-state index is 8.56. The highest BCUT2D eigenvalue weighted by Gasteiger charge is 2.24. The van der Waals surface area contributed by atoms with Crippen LogP contribution in [0.25, 0.3) is 0 Å². The Morgan fingerprint density at radius 3 is 2.92 bits per heavy atom. The molecule has 1 aliphatic rings. The fourth-order valence-corrected chi connectivity index (χ4v) is 1.73. The largest absolute Gasteiger partial charge is 0.384 e. The quantitative estimate of drug-likeness (QED) is 0.585. The van der Waals surface area contributed by atoms with E-state index in [-0.39, 0.29) is 6.61 Å². The normalized spacial score (nSPS) is 24.2.